The smallest absolute Gasteiger partial charge is 0.106 e. The van der Waals surface area contributed by atoms with E-state index in [9.17, 15) is 5.11 Å². The predicted molar refractivity (Wildman–Crippen MR) is 45.8 cm³/mol. The lowest BCUT2D eigenvalue weighted by Crippen LogP contribution is -2.26. The van der Waals surface area contributed by atoms with Crippen LogP contribution in [0, 0.1) is 0 Å². The molecule has 2 heteroatoms. The molecule has 0 atom stereocenters. The third-order valence-corrected chi connectivity index (χ3v) is 2.62. The first-order valence-electron chi connectivity index (χ1n) is 4.53. The molecule has 0 saturated heterocycles. The Hall–Kier alpha value is -0.760. The Bertz CT molecular complexity index is 232. The van der Waals surface area contributed by atoms with Crippen LogP contribution in [0.5, 0.6) is 0 Å². The molecule has 1 aromatic rings. The van der Waals surface area contributed by atoms with E-state index in [0.29, 0.717) is 6.42 Å². The standard InChI is InChI=1S/C10H14O2/c11-10(5-1-2-6-10)8-9-4-3-7-12-9/h3-4,7,11H,1-2,5-6,8H2. The van der Waals surface area contributed by atoms with E-state index in [4.69, 9.17) is 4.42 Å². The largest absolute Gasteiger partial charge is 0.469 e. The zero-order chi connectivity index (χ0) is 8.44. The maximum atomic E-state index is 10.0. The zero-order valence-electron chi connectivity index (χ0n) is 7.12. The number of hydrogen-bond acceptors (Lipinski definition) is 2. The quantitative estimate of drug-likeness (QED) is 0.730. The van der Waals surface area contributed by atoms with Crippen LogP contribution in [0.2, 0.25) is 0 Å². The molecule has 0 aliphatic heterocycles. The highest BCUT2D eigenvalue weighted by Gasteiger charge is 2.31. The molecule has 1 saturated carbocycles. The maximum Gasteiger partial charge on any atom is 0.106 e. The van der Waals surface area contributed by atoms with Gasteiger partial charge < -0.3 is 9.52 Å². The first-order valence-corrected chi connectivity index (χ1v) is 4.53. The summed E-state index contributed by atoms with van der Waals surface area (Å²) in [5.74, 6) is 0.902. The van der Waals surface area contributed by atoms with Crippen LogP contribution >= 0.6 is 0 Å². The third-order valence-electron chi connectivity index (χ3n) is 2.62. The molecule has 1 aliphatic rings. The van der Waals surface area contributed by atoms with Gasteiger partial charge in [-0.05, 0) is 25.0 Å². The van der Waals surface area contributed by atoms with Gasteiger partial charge in [-0.1, -0.05) is 12.8 Å². The lowest BCUT2D eigenvalue weighted by atomic mass is 9.97. The Balaban J connectivity index is 2.02. The molecule has 0 amide bonds. The van der Waals surface area contributed by atoms with Gasteiger partial charge in [0.15, 0.2) is 0 Å². The summed E-state index contributed by atoms with van der Waals surface area (Å²) in [6.07, 6.45) is 6.49. The van der Waals surface area contributed by atoms with Crippen LogP contribution in [0.4, 0.5) is 0 Å². The molecule has 1 heterocycles. The van der Waals surface area contributed by atoms with Gasteiger partial charge in [0.1, 0.15) is 5.76 Å². The van der Waals surface area contributed by atoms with Crippen molar-refractivity contribution in [3.63, 3.8) is 0 Å². The van der Waals surface area contributed by atoms with Crippen molar-refractivity contribution in [2.24, 2.45) is 0 Å². The van der Waals surface area contributed by atoms with Crippen molar-refractivity contribution in [1.29, 1.82) is 0 Å². The summed E-state index contributed by atoms with van der Waals surface area (Å²) in [6, 6.07) is 3.80. The van der Waals surface area contributed by atoms with E-state index in [-0.39, 0.29) is 0 Å². The molecule has 0 radical (unpaired) electrons. The van der Waals surface area contributed by atoms with E-state index in [2.05, 4.69) is 0 Å². The summed E-state index contributed by atoms with van der Waals surface area (Å²) in [4.78, 5) is 0. The molecule has 0 bridgehead atoms. The van der Waals surface area contributed by atoms with Gasteiger partial charge in [0.05, 0.1) is 11.9 Å². The molecule has 0 unspecified atom stereocenters. The Morgan fingerprint density at radius 1 is 1.42 bits per heavy atom. The Morgan fingerprint density at radius 2 is 2.17 bits per heavy atom. The number of furan rings is 1. The van der Waals surface area contributed by atoms with Crippen molar-refractivity contribution < 1.29 is 9.52 Å². The highest BCUT2D eigenvalue weighted by Crippen LogP contribution is 2.32. The van der Waals surface area contributed by atoms with Gasteiger partial charge in [-0.2, -0.15) is 0 Å². The molecule has 0 spiro atoms. The van der Waals surface area contributed by atoms with Crippen LogP contribution in [0.15, 0.2) is 22.8 Å². The molecule has 2 rings (SSSR count). The van der Waals surface area contributed by atoms with Gasteiger partial charge in [0.2, 0.25) is 0 Å². The average molecular weight is 166 g/mol. The monoisotopic (exact) mass is 166 g/mol. The molecule has 1 fully saturated rings. The molecule has 1 aliphatic carbocycles. The van der Waals surface area contributed by atoms with Gasteiger partial charge in [0.25, 0.3) is 0 Å². The van der Waals surface area contributed by atoms with Crippen LogP contribution in [-0.2, 0) is 6.42 Å². The van der Waals surface area contributed by atoms with Gasteiger partial charge in [0, 0.05) is 6.42 Å². The second kappa shape index (κ2) is 2.94. The summed E-state index contributed by atoms with van der Waals surface area (Å²) < 4.78 is 5.20. The van der Waals surface area contributed by atoms with Crippen LogP contribution in [0.1, 0.15) is 31.4 Å². The summed E-state index contributed by atoms with van der Waals surface area (Å²) in [6.45, 7) is 0. The number of aliphatic hydroxyl groups is 1. The van der Waals surface area contributed by atoms with E-state index in [1.807, 2.05) is 12.1 Å². The summed E-state index contributed by atoms with van der Waals surface area (Å²) in [7, 11) is 0. The Kier molecular flexibility index (Phi) is 1.93. The topological polar surface area (TPSA) is 33.4 Å². The van der Waals surface area contributed by atoms with Crippen molar-refractivity contribution >= 4 is 0 Å². The molecule has 1 N–H and O–H groups in total. The fourth-order valence-electron chi connectivity index (χ4n) is 1.95. The third kappa shape index (κ3) is 1.53. The van der Waals surface area contributed by atoms with Crippen molar-refractivity contribution in [3.8, 4) is 0 Å². The number of rotatable bonds is 2. The lowest BCUT2D eigenvalue weighted by molar-refractivity contribution is 0.0431. The second-order valence-corrected chi connectivity index (χ2v) is 3.69. The fourth-order valence-corrected chi connectivity index (χ4v) is 1.95. The highest BCUT2D eigenvalue weighted by atomic mass is 16.3. The maximum absolute atomic E-state index is 10.0. The Labute approximate surface area is 72.2 Å². The van der Waals surface area contributed by atoms with E-state index in [1.54, 1.807) is 6.26 Å². The van der Waals surface area contributed by atoms with Gasteiger partial charge in [-0.3, -0.25) is 0 Å². The predicted octanol–water partition coefficient (Wildman–Crippen LogP) is 2.13. The summed E-state index contributed by atoms with van der Waals surface area (Å²) >= 11 is 0. The summed E-state index contributed by atoms with van der Waals surface area (Å²) in [5.41, 5.74) is -0.474. The minimum atomic E-state index is -0.474. The van der Waals surface area contributed by atoms with Gasteiger partial charge >= 0.3 is 0 Å². The SMILES string of the molecule is OC1(Cc2ccco2)CCCC1. The molecular weight excluding hydrogens is 152 g/mol. The van der Waals surface area contributed by atoms with Crippen molar-refractivity contribution in [1.82, 2.24) is 0 Å². The van der Waals surface area contributed by atoms with Crippen molar-refractivity contribution in [2.45, 2.75) is 37.7 Å². The summed E-state index contributed by atoms with van der Waals surface area (Å²) in [5, 5.41) is 10.0. The average Bonchev–Trinajstić information content (AvgIpc) is 2.62. The highest BCUT2D eigenvalue weighted by molar-refractivity contribution is 5.04. The first-order chi connectivity index (χ1) is 5.79. The molecule has 0 aromatic carbocycles. The Morgan fingerprint density at radius 3 is 2.75 bits per heavy atom. The van der Waals surface area contributed by atoms with Crippen LogP contribution in [-0.4, -0.2) is 10.7 Å². The van der Waals surface area contributed by atoms with E-state index in [0.717, 1.165) is 31.4 Å². The molecule has 2 nitrogen and oxygen atoms in total. The van der Waals surface area contributed by atoms with E-state index in [1.165, 1.54) is 0 Å². The van der Waals surface area contributed by atoms with Gasteiger partial charge in [-0.15, -0.1) is 0 Å². The van der Waals surface area contributed by atoms with Crippen molar-refractivity contribution in [3.05, 3.63) is 24.2 Å². The molecular formula is C10H14O2. The minimum absolute atomic E-state index is 0.474. The minimum Gasteiger partial charge on any atom is -0.469 e. The van der Waals surface area contributed by atoms with E-state index < -0.39 is 5.60 Å². The lowest BCUT2D eigenvalue weighted by Gasteiger charge is -2.19. The van der Waals surface area contributed by atoms with Crippen molar-refractivity contribution in [2.75, 3.05) is 0 Å². The van der Waals surface area contributed by atoms with Crippen LogP contribution in [0.3, 0.4) is 0 Å². The molecule has 12 heavy (non-hydrogen) atoms. The van der Waals surface area contributed by atoms with Gasteiger partial charge in [-0.25, -0.2) is 0 Å². The van der Waals surface area contributed by atoms with Crippen LogP contribution < -0.4 is 0 Å². The molecule has 1 aromatic heterocycles. The normalized spacial score (nSPS) is 21.4. The number of hydrogen-bond donors (Lipinski definition) is 1. The van der Waals surface area contributed by atoms with Crippen LogP contribution in [0.25, 0.3) is 0 Å². The second-order valence-electron chi connectivity index (χ2n) is 3.69. The zero-order valence-corrected chi connectivity index (χ0v) is 7.12. The molecule has 66 valence electrons. The fraction of sp³-hybridized carbons (Fsp3) is 0.600. The van der Waals surface area contributed by atoms with E-state index >= 15 is 0 Å². The first kappa shape index (κ1) is 7.87.